The second-order valence-corrected chi connectivity index (χ2v) is 8.29. The van der Waals surface area contributed by atoms with Crippen molar-refractivity contribution in [3.63, 3.8) is 0 Å². The lowest BCUT2D eigenvalue weighted by Crippen LogP contribution is -2.19. The highest BCUT2D eigenvalue weighted by atomic mass is 35.5. The van der Waals surface area contributed by atoms with Gasteiger partial charge in [0.25, 0.3) is 5.91 Å². The SMILES string of the molecule is C=CCc1cc(/C=N\NC(=O)c2ccc(C#N)cc2F)cc(OCC)c1OCc1ccc(Cl)c(Cl)c1. The number of hydrogen-bond acceptors (Lipinski definition) is 5. The van der Waals surface area contributed by atoms with Crippen molar-refractivity contribution in [1.29, 1.82) is 5.26 Å². The number of carbonyl (C=O) groups excluding carboxylic acids is 1. The van der Waals surface area contributed by atoms with Crippen LogP contribution in [0.1, 0.15) is 39.5 Å². The summed E-state index contributed by atoms with van der Waals surface area (Å²) in [5.74, 6) is -0.519. The molecule has 0 aromatic heterocycles. The van der Waals surface area contributed by atoms with Crippen molar-refractivity contribution in [2.24, 2.45) is 5.10 Å². The number of ether oxygens (including phenoxy) is 2. The number of allylic oxidation sites excluding steroid dienone is 1. The van der Waals surface area contributed by atoms with Crippen molar-refractivity contribution >= 4 is 35.3 Å². The zero-order valence-corrected chi connectivity index (χ0v) is 20.9. The third-order valence-corrected chi connectivity index (χ3v) is 5.65. The Morgan fingerprint density at radius 3 is 2.64 bits per heavy atom. The molecule has 0 radical (unpaired) electrons. The van der Waals surface area contributed by atoms with Gasteiger partial charge in [-0.3, -0.25) is 4.79 Å². The number of nitrogens with one attached hydrogen (secondary N) is 1. The molecule has 1 N–H and O–H groups in total. The number of halogens is 3. The lowest BCUT2D eigenvalue weighted by Gasteiger charge is -2.17. The van der Waals surface area contributed by atoms with Gasteiger partial charge in [-0.1, -0.05) is 35.3 Å². The van der Waals surface area contributed by atoms with Crippen LogP contribution < -0.4 is 14.9 Å². The van der Waals surface area contributed by atoms with Crippen LogP contribution in [0.2, 0.25) is 10.0 Å². The first kappa shape index (κ1) is 26.7. The molecule has 6 nitrogen and oxygen atoms in total. The molecule has 36 heavy (non-hydrogen) atoms. The average Bonchev–Trinajstić information content (AvgIpc) is 2.85. The van der Waals surface area contributed by atoms with Crippen LogP contribution in [0.25, 0.3) is 0 Å². The number of hydrogen-bond donors (Lipinski definition) is 1. The van der Waals surface area contributed by atoms with Gasteiger partial charge in [-0.2, -0.15) is 10.4 Å². The van der Waals surface area contributed by atoms with Gasteiger partial charge in [0, 0.05) is 5.56 Å². The van der Waals surface area contributed by atoms with E-state index in [2.05, 4.69) is 17.1 Å². The van der Waals surface area contributed by atoms with Crippen LogP contribution >= 0.6 is 23.2 Å². The van der Waals surface area contributed by atoms with Gasteiger partial charge in [0.1, 0.15) is 12.4 Å². The van der Waals surface area contributed by atoms with Crippen molar-refractivity contribution < 1.29 is 18.7 Å². The molecule has 3 aromatic rings. The molecule has 0 unspecified atom stereocenters. The van der Waals surface area contributed by atoms with E-state index in [4.69, 9.17) is 37.9 Å². The Morgan fingerprint density at radius 1 is 1.17 bits per heavy atom. The summed E-state index contributed by atoms with van der Waals surface area (Å²) in [5.41, 5.74) is 4.44. The molecular formula is C27H22Cl2FN3O3. The minimum absolute atomic E-state index is 0.118. The summed E-state index contributed by atoms with van der Waals surface area (Å²) in [5, 5.41) is 13.7. The third-order valence-electron chi connectivity index (χ3n) is 4.91. The fourth-order valence-corrected chi connectivity index (χ4v) is 3.59. The highest BCUT2D eigenvalue weighted by Crippen LogP contribution is 2.34. The molecule has 0 aliphatic heterocycles. The number of rotatable bonds is 10. The van der Waals surface area contributed by atoms with Gasteiger partial charge in [-0.05, 0) is 66.9 Å². The van der Waals surface area contributed by atoms with E-state index in [1.165, 1.54) is 18.3 Å². The van der Waals surface area contributed by atoms with E-state index in [-0.39, 0.29) is 17.7 Å². The predicted octanol–water partition coefficient (Wildman–Crippen LogP) is 6.47. The third kappa shape index (κ3) is 6.85. The van der Waals surface area contributed by atoms with Crippen LogP contribution in [0.3, 0.4) is 0 Å². The van der Waals surface area contributed by atoms with E-state index in [0.717, 1.165) is 17.2 Å². The molecule has 3 aromatic carbocycles. The zero-order valence-electron chi connectivity index (χ0n) is 19.4. The van der Waals surface area contributed by atoms with Gasteiger partial charge in [0.05, 0.1) is 40.1 Å². The smallest absolute Gasteiger partial charge is 0.274 e. The van der Waals surface area contributed by atoms with E-state index in [1.807, 2.05) is 25.1 Å². The maximum absolute atomic E-state index is 14.1. The van der Waals surface area contributed by atoms with Crippen molar-refractivity contribution in [2.45, 2.75) is 20.0 Å². The summed E-state index contributed by atoms with van der Waals surface area (Å²) in [6.07, 6.45) is 3.63. The summed E-state index contributed by atoms with van der Waals surface area (Å²) >= 11 is 12.1. The minimum Gasteiger partial charge on any atom is -0.490 e. The maximum atomic E-state index is 14.1. The van der Waals surface area contributed by atoms with Crippen molar-refractivity contribution in [1.82, 2.24) is 5.43 Å². The molecule has 0 bridgehead atoms. The van der Waals surface area contributed by atoms with Crippen LogP contribution in [0, 0.1) is 17.1 Å². The summed E-state index contributed by atoms with van der Waals surface area (Å²) in [4.78, 5) is 12.3. The first-order chi connectivity index (χ1) is 17.4. The van der Waals surface area contributed by atoms with Crippen LogP contribution in [-0.2, 0) is 13.0 Å². The summed E-state index contributed by atoms with van der Waals surface area (Å²) in [6, 6.07) is 14.2. The van der Waals surface area contributed by atoms with E-state index in [1.54, 1.807) is 24.3 Å². The maximum Gasteiger partial charge on any atom is 0.274 e. The van der Waals surface area contributed by atoms with E-state index < -0.39 is 11.7 Å². The number of benzene rings is 3. The van der Waals surface area contributed by atoms with Crippen LogP contribution in [0.5, 0.6) is 11.5 Å². The highest BCUT2D eigenvalue weighted by molar-refractivity contribution is 6.42. The second kappa shape index (κ2) is 12.7. The molecule has 184 valence electrons. The van der Waals surface area contributed by atoms with Gasteiger partial charge in [-0.15, -0.1) is 6.58 Å². The number of amides is 1. The predicted molar refractivity (Wildman–Crippen MR) is 138 cm³/mol. The van der Waals surface area contributed by atoms with Crippen molar-refractivity contribution in [2.75, 3.05) is 6.61 Å². The van der Waals surface area contributed by atoms with Gasteiger partial charge >= 0.3 is 0 Å². The Morgan fingerprint density at radius 2 is 1.97 bits per heavy atom. The first-order valence-electron chi connectivity index (χ1n) is 10.9. The highest BCUT2D eigenvalue weighted by Gasteiger charge is 2.15. The van der Waals surface area contributed by atoms with Gasteiger partial charge < -0.3 is 9.47 Å². The van der Waals surface area contributed by atoms with E-state index >= 15 is 0 Å². The van der Waals surface area contributed by atoms with Gasteiger partial charge in [0.2, 0.25) is 0 Å². The lowest BCUT2D eigenvalue weighted by molar-refractivity contribution is 0.0951. The molecule has 0 saturated carbocycles. The van der Waals surface area contributed by atoms with Crippen molar-refractivity contribution in [3.05, 3.63) is 105 Å². The molecule has 0 saturated heterocycles. The Balaban J connectivity index is 1.82. The van der Waals surface area contributed by atoms with Crippen LogP contribution in [-0.4, -0.2) is 18.7 Å². The molecule has 0 atom stereocenters. The summed E-state index contributed by atoms with van der Waals surface area (Å²) < 4.78 is 26.0. The van der Waals surface area contributed by atoms with Crippen molar-refractivity contribution in [3.8, 4) is 17.6 Å². The lowest BCUT2D eigenvalue weighted by atomic mass is 10.1. The number of nitriles is 1. The van der Waals surface area contributed by atoms with Crippen LogP contribution in [0.15, 0.2) is 66.3 Å². The molecule has 0 heterocycles. The number of nitrogens with zero attached hydrogens (tertiary/aromatic N) is 2. The largest absolute Gasteiger partial charge is 0.490 e. The Hall–Kier alpha value is -3.86. The fourth-order valence-electron chi connectivity index (χ4n) is 3.27. The molecule has 0 aliphatic carbocycles. The zero-order chi connectivity index (χ0) is 26.1. The topological polar surface area (TPSA) is 83.7 Å². The molecule has 0 aliphatic rings. The molecule has 9 heteroatoms. The average molecular weight is 526 g/mol. The summed E-state index contributed by atoms with van der Waals surface area (Å²) in [7, 11) is 0. The summed E-state index contributed by atoms with van der Waals surface area (Å²) in [6.45, 7) is 6.29. The standard InChI is InChI=1S/C27H22Cl2FN3O3/c1-3-5-20-10-19(15-32-33-27(34)21-8-6-17(14-31)12-24(21)30)13-25(35-4-2)26(20)36-16-18-7-9-22(28)23(29)11-18/h3,6-13,15H,1,4-5,16H2,2H3,(H,33,34)/b32-15-. The number of carbonyl (C=O) groups is 1. The Bertz CT molecular complexity index is 1350. The monoisotopic (exact) mass is 525 g/mol. The first-order valence-corrected chi connectivity index (χ1v) is 11.6. The van der Waals surface area contributed by atoms with Gasteiger partial charge in [0.15, 0.2) is 11.5 Å². The molecule has 1 amide bonds. The Labute approximate surface area is 218 Å². The minimum atomic E-state index is -0.808. The fraction of sp³-hybridized carbons (Fsp3) is 0.148. The quantitative estimate of drug-likeness (QED) is 0.186. The Kier molecular flexibility index (Phi) is 9.46. The van der Waals surface area contributed by atoms with Crippen LogP contribution in [0.4, 0.5) is 4.39 Å². The molecule has 3 rings (SSSR count). The van der Waals surface area contributed by atoms with E-state index in [9.17, 15) is 9.18 Å². The molecule has 0 fully saturated rings. The second-order valence-electron chi connectivity index (χ2n) is 7.48. The number of hydrazone groups is 1. The molecule has 0 spiro atoms. The van der Waals surface area contributed by atoms with E-state index in [0.29, 0.717) is 40.1 Å². The normalized spacial score (nSPS) is 10.6. The molecular weight excluding hydrogens is 504 g/mol. The van der Waals surface area contributed by atoms with Gasteiger partial charge in [-0.25, -0.2) is 9.82 Å².